The van der Waals surface area contributed by atoms with E-state index in [0.717, 1.165) is 5.57 Å². The molecule has 2 nitrogen and oxygen atoms in total. The lowest BCUT2D eigenvalue weighted by molar-refractivity contribution is -0.115. The van der Waals surface area contributed by atoms with Crippen molar-refractivity contribution in [1.82, 2.24) is 0 Å². The number of rotatable bonds is 3. The molecule has 0 aliphatic heterocycles. The maximum atomic E-state index is 11.1. The van der Waals surface area contributed by atoms with E-state index < -0.39 is 0 Å². The van der Waals surface area contributed by atoms with Gasteiger partial charge in [0.2, 0.25) is 0 Å². The molecule has 1 aliphatic rings. The summed E-state index contributed by atoms with van der Waals surface area (Å²) in [7, 11) is 0. The number of hydrogen-bond acceptors (Lipinski definition) is 2. The standard InChI is InChI=1S/C9H10O2/c1-7-3-2-4-8(7)9(11)5-6-10/h2-4,10H,1,5-6H2. The average molecular weight is 150 g/mol. The molecule has 0 heterocycles. The summed E-state index contributed by atoms with van der Waals surface area (Å²) in [4.78, 5) is 11.1. The summed E-state index contributed by atoms with van der Waals surface area (Å²) >= 11 is 0. The molecule has 0 unspecified atom stereocenters. The number of aliphatic hydroxyl groups is 1. The van der Waals surface area contributed by atoms with E-state index in [9.17, 15) is 4.79 Å². The van der Waals surface area contributed by atoms with E-state index in [1.807, 2.05) is 0 Å². The van der Waals surface area contributed by atoms with E-state index >= 15 is 0 Å². The molecule has 0 bridgehead atoms. The minimum Gasteiger partial charge on any atom is -0.396 e. The van der Waals surface area contributed by atoms with Gasteiger partial charge in [0, 0.05) is 12.0 Å². The molecule has 11 heavy (non-hydrogen) atoms. The molecule has 58 valence electrons. The predicted molar refractivity (Wildman–Crippen MR) is 43.1 cm³/mol. The molecule has 2 heteroatoms. The van der Waals surface area contributed by atoms with Gasteiger partial charge in [0.1, 0.15) is 0 Å². The van der Waals surface area contributed by atoms with Gasteiger partial charge in [-0.15, -0.1) is 0 Å². The first kappa shape index (κ1) is 7.95. The molecule has 0 saturated carbocycles. The van der Waals surface area contributed by atoms with Crippen LogP contribution in [-0.4, -0.2) is 17.5 Å². The average Bonchev–Trinajstić information content (AvgIpc) is 2.36. The summed E-state index contributed by atoms with van der Waals surface area (Å²) in [5.41, 5.74) is 1.36. The second-order valence-electron chi connectivity index (χ2n) is 2.36. The summed E-state index contributed by atoms with van der Waals surface area (Å²) in [5.74, 6) is -0.0394. The summed E-state index contributed by atoms with van der Waals surface area (Å²) in [6, 6.07) is 0. The zero-order valence-electron chi connectivity index (χ0n) is 6.21. The van der Waals surface area contributed by atoms with Crippen LogP contribution in [0.25, 0.3) is 0 Å². The molecule has 0 aromatic heterocycles. The number of carbonyl (C=O) groups is 1. The Morgan fingerprint density at radius 3 is 2.82 bits per heavy atom. The van der Waals surface area contributed by atoms with Gasteiger partial charge in [0.05, 0.1) is 6.61 Å². The smallest absolute Gasteiger partial charge is 0.165 e. The van der Waals surface area contributed by atoms with Gasteiger partial charge in [-0.1, -0.05) is 24.8 Å². The van der Waals surface area contributed by atoms with Crippen LogP contribution in [0.5, 0.6) is 0 Å². The molecule has 0 spiro atoms. The highest BCUT2D eigenvalue weighted by atomic mass is 16.3. The number of ketones is 1. The quantitative estimate of drug-likeness (QED) is 0.651. The monoisotopic (exact) mass is 150 g/mol. The lowest BCUT2D eigenvalue weighted by Gasteiger charge is -1.99. The third kappa shape index (κ3) is 1.65. The van der Waals surface area contributed by atoms with Crippen LogP contribution in [0.15, 0.2) is 36.0 Å². The number of hydrogen-bond donors (Lipinski definition) is 1. The van der Waals surface area contributed by atoms with E-state index in [0.29, 0.717) is 5.57 Å². The van der Waals surface area contributed by atoms with Gasteiger partial charge >= 0.3 is 0 Å². The second kappa shape index (κ2) is 3.30. The van der Waals surface area contributed by atoms with Crippen LogP contribution >= 0.6 is 0 Å². The molecule has 1 N–H and O–H groups in total. The van der Waals surface area contributed by atoms with Gasteiger partial charge in [0.25, 0.3) is 0 Å². The lowest BCUT2D eigenvalue weighted by atomic mass is 10.1. The lowest BCUT2D eigenvalue weighted by Crippen LogP contribution is -2.04. The Morgan fingerprint density at radius 1 is 1.64 bits per heavy atom. The Bertz CT molecular complexity index is 246. The van der Waals surface area contributed by atoms with E-state index in [1.54, 1.807) is 18.2 Å². The molecular weight excluding hydrogens is 140 g/mol. The van der Waals surface area contributed by atoms with E-state index in [1.165, 1.54) is 0 Å². The number of Topliss-reactive ketones (excluding diaryl/α,β-unsaturated/α-hetero) is 1. The van der Waals surface area contributed by atoms with Crippen LogP contribution in [0, 0.1) is 0 Å². The molecule has 1 rings (SSSR count). The van der Waals surface area contributed by atoms with Gasteiger partial charge in [-0.05, 0) is 5.57 Å². The second-order valence-corrected chi connectivity index (χ2v) is 2.36. The predicted octanol–water partition coefficient (Wildman–Crippen LogP) is 0.990. The topological polar surface area (TPSA) is 37.3 Å². The molecule has 0 radical (unpaired) electrons. The van der Waals surface area contributed by atoms with Crippen molar-refractivity contribution in [2.75, 3.05) is 6.61 Å². The number of aliphatic hydroxyl groups excluding tert-OH is 1. The summed E-state index contributed by atoms with van der Waals surface area (Å²) in [6.45, 7) is 3.59. The normalized spacial score (nSPS) is 15.4. The fraction of sp³-hybridized carbons (Fsp3) is 0.222. The van der Waals surface area contributed by atoms with Crippen LogP contribution in [0.1, 0.15) is 6.42 Å². The third-order valence-electron chi connectivity index (χ3n) is 1.55. The van der Waals surface area contributed by atoms with Crippen molar-refractivity contribution in [2.45, 2.75) is 6.42 Å². The third-order valence-corrected chi connectivity index (χ3v) is 1.55. The summed E-state index contributed by atoms with van der Waals surface area (Å²) < 4.78 is 0. The maximum absolute atomic E-state index is 11.1. The van der Waals surface area contributed by atoms with Crippen molar-refractivity contribution in [3.8, 4) is 0 Å². The first-order valence-corrected chi connectivity index (χ1v) is 3.47. The van der Waals surface area contributed by atoms with Crippen molar-refractivity contribution in [2.24, 2.45) is 0 Å². The van der Waals surface area contributed by atoms with Gasteiger partial charge in [-0.3, -0.25) is 4.79 Å². The maximum Gasteiger partial charge on any atom is 0.165 e. The van der Waals surface area contributed by atoms with Crippen molar-refractivity contribution >= 4 is 5.78 Å². The van der Waals surface area contributed by atoms with Crippen molar-refractivity contribution in [3.63, 3.8) is 0 Å². The molecular formula is C9H10O2. The van der Waals surface area contributed by atoms with Gasteiger partial charge in [0.15, 0.2) is 5.78 Å². The van der Waals surface area contributed by atoms with E-state index in [4.69, 9.17) is 5.11 Å². The Balaban J connectivity index is 2.63. The van der Waals surface area contributed by atoms with E-state index in [-0.39, 0.29) is 18.8 Å². The molecule has 0 amide bonds. The number of allylic oxidation sites excluding steroid dienone is 5. The Labute approximate surface area is 65.5 Å². The highest BCUT2D eigenvalue weighted by molar-refractivity contribution is 6.01. The zero-order valence-corrected chi connectivity index (χ0v) is 6.21. The highest BCUT2D eigenvalue weighted by Gasteiger charge is 2.12. The van der Waals surface area contributed by atoms with Gasteiger partial charge in [-0.25, -0.2) is 0 Å². The van der Waals surface area contributed by atoms with Gasteiger partial charge < -0.3 is 5.11 Å². The minimum atomic E-state index is -0.0938. The molecule has 0 atom stereocenters. The molecule has 0 aromatic carbocycles. The SMILES string of the molecule is C=C1C=CC=C1C(=O)CCO. The van der Waals surface area contributed by atoms with Crippen LogP contribution in [0.3, 0.4) is 0 Å². The summed E-state index contributed by atoms with van der Waals surface area (Å²) in [6.07, 6.45) is 5.48. The molecule has 0 saturated heterocycles. The summed E-state index contributed by atoms with van der Waals surface area (Å²) in [5, 5.41) is 8.49. The first-order valence-electron chi connectivity index (χ1n) is 3.47. The number of carbonyl (C=O) groups excluding carboxylic acids is 1. The van der Waals surface area contributed by atoms with Crippen LogP contribution in [-0.2, 0) is 4.79 Å². The Hall–Kier alpha value is -1.15. The fourth-order valence-corrected chi connectivity index (χ4v) is 0.966. The van der Waals surface area contributed by atoms with Gasteiger partial charge in [-0.2, -0.15) is 0 Å². The fourth-order valence-electron chi connectivity index (χ4n) is 0.966. The van der Waals surface area contributed by atoms with E-state index in [2.05, 4.69) is 6.58 Å². The highest BCUT2D eigenvalue weighted by Crippen LogP contribution is 2.17. The first-order chi connectivity index (χ1) is 5.25. The van der Waals surface area contributed by atoms with Crippen molar-refractivity contribution in [3.05, 3.63) is 36.0 Å². The van der Waals surface area contributed by atoms with Crippen LogP contribution < -0.4 is 0 Å². The Morgan fingerprint density at radius 2 is 2.36 bits per heavy atom. The Kier molecular flexibility index (Phi) is 2.39. The molecule has 1 aliphatic carbocycles. The van der Waals surface area contributed by atoms with Crippen LogP contribution in [0.2, 0.25) is 0 Å². The van der Waals surface area contributed by atoms with Crippen molar-refractivity contribution in [1.29, 1.82) is 0 Å². The largest absolute Gasteiger partial charge is 0.396 e. The van der Waals surface area contributed by atoms with Crippen molar-refractivity contribution < 1.29 is 9.90 Å². The molecule has 0 aromatic rings. The molecule has 0 fully saturated rings. The minimum absolute atomic E-state index is 0.0394. The van der Waals surface area contributed by atoms with Crippen LogP contribution in [0.4, 0.5) is 0 Å². The zero-order chi connectivity index (χ0) is 8.27.